The van der Waals surface area contributed by atoms with Crippen molar-refractivity contribution >= 4 is 44.2 Å². The summed E-state index contributed by atoms with van der Waals surface area (Å²) in [7, 11) is 2.12. The molecule has 1 aliphatic rings. The summed E-state index contributed by atoms with van der Waals surface area (Å²) >= 11 is 1.91. The van der Waals surface area contributed by atoms with E-state index in [0.717, 1.165) is 11.9 Å². The lowest BCUT2D eigenvalue weighted by atomic mass is 9.87. The van der Waals surface area contributed by atoms with Gasteiger partial charge in [0.15, 0.2) is 5.52 Å². The van der Waals surface area contributed by atoms with Gasteiger partial charge in [-0.15, -0.1) is 0 Å². The molecule has 0 N–H and O–H groups in total. The summed E-state index contributed by atoms with van der Waals surface area (Å²) in [6.07, 6.45) is 3.04. The molecule has 0 saturated heterocycles. The topological polar surface area (TPSA) is 16.8 Å². The second kappa shape index (κ2) is 6.79. The third-order valence-electron chi connectivity index (χ3n) is 6.55. The molecule has 0 unspecified atom stereocenters. The van der Waals surface area contributed by atoms with E-state index >= 15 is 0 Å². The van der Waals surface area contributed by atoms with Crippen LogP contribution in [0.4, 0.5) is 0 Å². The number of benzene rings is 4. The zero-order valence-electron chi connectivity index (χ0n) is 19.3. The predicted octanol–water partition coefficient (Wildman–Crippen LogP) is 7.39. The Bertz CT molecular complexity index is 1570. The van der Waals surface area contributed by atoms with E-state index in [-0.39, 0.29) is 5.41 Å². The highest BCUT2D eigenvalue weighted by Crippen LogP contribution is 2.51. The van der Waals surface area contributed by atoms with Crippen LogP contribution in [0.5, 0.6) is 0 Å². The van der Waals surface area contributed by atoms with Crippen LogP contribution in [-0.2, 0) is 13.5 Å². The third-order valence-corrected chi connectivity index (χ3v) is 7.72. The molecule has 4 aromatic carbocycles. The van der Waals surface area contributed by atoms with E-state index in [2.05, 4.69) is 93.9 Å². The first-order valence-electron chi connectivity index (χ1n) is 11.2. The molecular weight excluding hydrogens is 408 g/mol. The van der Waals surface area contributed by atoms with Gasteiger partial charge in [0.25, 0.3) is 6.33 Å². The molecule has 0 bridgehead atoms. The van der Waals surface area contributed by atoms with E-state index in [0.29, 0.717) is 0 Å². The van der Waals surface area contributed by atoms with Crippen molar-refractivity contribution in [1.82, 2.24) is 4.98 Å². The third kappa shape index (κ3) is 2.95. The molecule has 0 atom stereocenters. The SMILES string of the molecule is Cc1c2c(cc3ccccc13)Sc1c3ccc(CC(C)(C)C)cc3cc3nc[n+](C)c-2c13. The number of rotatable bonds is 1. The van der Waals surface area contributed by atoms with Crippen molar-refractivity contribution in [2.24, 2.45) is 12.5 Å². The highest BCUT2D eigenvalue weighted by molar-refractivity contribution is 8.00. The Balaban J connectivity index is 1.70. The molecule has 32 heavy (non-hydrogen) atoms. The van der Waals surface area contributed by atoms with Crippen LogP contribution in [0.25, 0.3) is 43.7 Å². The first-order chi connectivity index (χ1) is 15.3. The molecule has 0 spiro atoms. The van der Waals surface area contributed by atoms with E-state index in [4.69, 9.17) is 4.98 Å². The molecule has 6 rings (SSSR count). The van der Waals surface area contributed by atoms with Gasteiger partial charge < -0.3 is 0 Å². The Morgan fingerprint density at radius 3 is 2.56 bits per heavy atom. The van der Waals surface area contributed by atoms with Crippen LogP contribution in [0.15, 0.2) is 70.7 Å². The number of nitrogens with zero attached hydrogens (tertiary/aromatic N) is 2. The molecule has 2 heterocycles. The van der Waals surface area contributed by atoms with Crippen molar-refractivity contribution in [2.75, 3.05) is 0 Å². The summed E-state index contributed by atoms with van der Waals surface area (Å²) in [6, 6.07) is 20.4. The molecule has 158 valence electrons. The highest BCUT2D eigenvalue weighted by Gasteiger charge is 2.30. The van der Waals surface area contributed by atoms with Crippen LogP contribution in [0.2, 0.25) is 0 Å². The molecule has 5 aromatic rings. The quantitative estimate of drug-likeness (QED) is 0.198. The maximum atomic E-state index is 4.85. The van der Waals surface area contributed by atoms with Gasteiger partial charge in [-0.2, -0.15) is 0 Å². The zero-order chi connectivity index (χ0) is 22.2. The van der Waals surface area contributed by atoms with Gasteiger partial charge in [0.2, 0.25) is 0 Å². The lowest BCUT2D eigenvalue weighted by Gasteiger charge is -2.23. The fraction of sp³-hybridized carbons (Fsp3) is 0.241. The highest BCUT2D eigenvalue weighted by atomic mass is 32.2. The van der Waals surface area contributed by atoms with Crippen LogP contribution < -0.4 is 4.57 Å². The van der Waals surface area contributed by atoms with E-state index < -0.39 is 0 Å². The predicted molar refractivity (Wildman–Crippen MR) is 135 cm³/mol. The lowest BCUT2D eigenvalue weighted by molar-refractivity contribution is -0.662. The monoisotopic (exact) mass is 435 g/mol. The molecule has 1 aliphatic heterocycles. The van der Waals surface area contributed by atoms with Gasteiger partial charge in [-0.25, -0.2) is 4.57 Å². The summed E-state index contributed by atoms with van der Waals surface area (Å²) in [5.41, 5.74) is 6.72. The van der Waals surface area contributed by atoms with Gasteiger partial charge in [0, 0.05) is 15.4 Å². The Morgan fingerprint density at radius 2 is 1.75 bits per heavy atom. The van der Waals surface area contributed by atoms with Crippen LogP contribution in [-0.4, -0.2) is 4.98 Å². The van der Waals surface area contributed by atoms with Gasteiger partial charge in [-0.3, -0.25) is 0 Å². The summed E-state index contributed by atoms with van der Waals surface area (Å²) in [5, 5.41) is 6.52. The molecule has 0 amide bonds. The largest absolute Gasteiger partial charge is 0.287 e. The Labute approximate surface area is 193 Å². The fourth-order valence-corrected chi connectivity index (χ4v) is 6.59. The fourth-order valence-electron chi connectivity index (χ4n) is 5.23. The average molecular weight is 436 g/mol. The van der Waals surface area contributed by atoms with Crippen molar-refractivity contribution < 1.29 is 4.57 Å². The van der Waals surface area contributed by atoms with E-state index in [9.17, 15) is 0 Å². The molecule has 0 fully saturated rings. The summed E-state index contributed by atoms with van der Waals surface area (Å²) in [5.74, 6) is 0. The second-order valence-corrected chi connectivity index (χ2v) is 11.3. The smallest absolute Gasteiger partial charge is 0.232 e. The van der Waals surface area contributed by atoms with E-state index in [1.807, 2.05) is 18.1 Å². The minimum atomic E-state index is 0.268. The minimum absolute atomic E-state index is 0.268. The van der Waals surface area contributed by atoms with Gasteiger partial charge in [0.1, 0.15) is 5.69 Å². The van der Waals surface area contributed by atoms with Gasteiger partial charge in [-0.1, -0.05) is 75.0 Å². The standard InChI is InChI=1S/C29H27N2S/c1-17-21-9-7-6-8-19(21)14-24-25(17)27-26-23(30-16-31(27)5)13-20-12-18(15-29(2,3)4)10-11-22(20)28(26)32-24/h6-14,16H,15H2,1-5H3/q+1. The maximum absolute atomic E-state index is 4.85. The number of aromatic nitrogens is 2. The first-order valence-corrected chi connectivity index (χ1v) is 12.1. The maximum Gasteiger partial charge on any atom is 0.287 e. The molecule has 3 heteroatoms. The van der Waals surface area contributed by atoms with Crippen molar-refractivity contribution in [3.05, 3.63) is 72.1 Å². The van der Waals surface area contributed by atoms with E-state index in [1.54, 1.807) is 0 Å². The number of hydrogen-bond acceptors (Lipinski definition) is 2. The Kier molecular flexibility index (Phi) is 4.19. The molecule has 0 aliphatic carbocycles. The summed E-state index contributed by atoms with van der Waals surface area (Å²) in [6.45, 7) is 9.16. The zero-order valence-corrected chi connectivity index (χ0v) is 20.1. The van der Waals surface area contributed by atoms with Crippen molar-refractivity contribution in [3.63, 3.8) is 0 Å². The first kappa shape index (κ1) is 19.8. The molecule has 0 saturated carbocycles. The Hall–Kier alpha value is -2.91. The molecule has 1 aromatic heterocycles. The summed E-state index contributed by atoms with van der Waals surface area (Å²) < 4.78 is 2.20. The second-order valence-electron chi connectivity index (χ2n) is 10.3. The van der Waals surface area contributed by atoms with Crippen LogP contribution in [0.1, 0.15) is 31.9 Å². The molecule has 0 radical (unpaired) electrons. The average Bonchev–Trinajstić information content (AvgIpc) is 2.74. The molecule has 2 nitrogen and oxygen atoms in total. The van der Waals surface area contributed by atoms with Gasteiger partial charge >= 0.3 is 0 Å². The van der Waals surface area contributed by atoms with Crippen LogP contribution in [0.3, 0.4) is 0 Å². The normalized spacial score (nSPS) is 13.2. The number of aryl methyl sites for hydroxylation is 2. The van der Waals surface area contributed by atoms with Crippen molar-refractivity contribution in [2.45, 2.75) is 43.9 Å². The van der Waals surface area contributed by atoms with Crippen molar-refractivity contribution in [3.8, 4) is 11.3 Å². The lowest BCUT2D eigenvalue weighted by Crippen LogP contribution is -2.32. The Morgan fingerprint density at radius 1 is 0.938 bits per heavy atom. The molecular formula is C29H27N2S+. The summed E-state index contributed by atoms with van der Waals surface area (Å²) in [4.78, 5) is 7.52. The van der Waals surface area contributed by atoms with Gasteiger partial charge in [0.05, 0.1) is 12.4 Å². The van der Waals surface area contributed by atoms with E-state index in [1.165, 1.54) is 59.1 Å². The van der Waals surface area contributed by atoms with Crippen molar-refractivity contribution in [1.29, 1.82) is 0 Å². The number of fused-ring (bicyclic) bond motifs is 5. The van der Waals surface area contributed by atoms with Crippen LogP contribution >= 0.6 is 11.8 Å². The van der Waals surface area contributed by atoms with Crippen LogP contribution in [0, 0.1) is 12.3 Å². The number of hydrogen-bond donors (Lipinski definition) is 0. The van der Waals surface area contributed by atoms with Gasteiger partial charge in [-0.05, 0) is 68.5 Å². The minimum Gasteiger partial charge on any atom is -0.232 e.